The highest BCUT2D eigenvalue weighted by Gasteiger charge is 2.15. The van der Waals surface area contributed by atoms with E-state index >= 15 is 0 Å². The molecule has 0 fully saturated rings. The molecule has 0 aliphatic carbocycles. The van der Waals surface area contributed by atoms with Crippen molar-refractivity contribution in [2.75, 3.05) is 0 Å². The Kier molecular flexibility index (Phi) is 5.22. The molecule has 4 rings (SSSR count). The maximum Gasteiger partial charge on any atom is 0.281 e. The standard InChI is InChI=1S/C22H17N3O3S/c26-20(19-11-6-12-29-19)24-23-13-18-16-9-4-5-10-17(16)21(27)25(22(18)28)14-15-7-2-1-3-8-15/h1-13,28H,14H2,(H,24,26). The predicted molar refractivity (Wildman–Crippen MR) is 115 cm³/mol. The van der Waals surface area contributed by atoms with Crippen LogP contribution >= 0.6 is 11.3 Å². The van der Waals surface area contributed by atoms with E-state index in [1.54, 1.807) is 41.8 Å². The molecule has 1 amide bonds. The Bertz CT molecular complexity index is 1250. The molecular weight excluding hydrogens is 386 g/mol. The average Bonchev–Trinajstić information content (AvgIpc) is 3.29. The Labute approximate surface area is 170 Å². The van der Waals surface area contributed by atoms with Gasteiger partial charge in [0.15, 0.2) is 0 Å². The Hall–Kier alpha value is -3.71. The van der Waals surface area contributed by atoms with Crippen molar-refractivity contribution in [2.45, 2.75) is 6.54 Å². The quantitative estimate of drug-likeness (QED) is 0.395. The first-order valence-electron chi connectivity index (χ1n) is 8.90. The van der Waals surface area contributed by atoms with E-state index in [0.29, 0.717) is 21.2 Å². The van der Waals surface area contributed by atoms with Crippen LogP contribution in [0.1, 0.15) is 20.8 Å². The lowest BCUT2D eigenvalue weighted by molar-refractivity contribution is 0.0959. The molecule has 0 saturated heterocycles. The number of hydrogen-bond acceptors (Lipinski definition) is 5. The minimum atomic E-state index is -0.336. The topological polar surface area (TPSA) is 83.7 Å². The zero-order valence-electron chi connectivity index (χ0n) is 15.3. The zero-order valence-corrected chi connectivity index (χ0v) is 16.1. The lowest BCUT2D eigenvalue weighted by Gasteiger charge is -2.13. The molecule has 0 radical (unpaired) electrons. The molecule has 0 spiro atoms. The van der Waals surface area contributed by atoms with E-state index in [9.17, 15) is 14.7 Å². The van der Waals surface area contributed by atoms with E-state index in [-0.39, 0.29) is 23.9 Å². The van der Waals surface area contributed by atoms with Crippen LogP contribution in [-0.2, 0) is 6.54 Å². The lowest BCUT2D eigenvalue weighted by Crippen LogP contribution is -2.22. The molecule has 0 aliphatic heterocycles. The number of pyridine rings is 1. The van der Waals surface area contributed by atoms with Gasteiger partial charge in [0.05, 0.1) is 23.2 Å². The van der Waals surface area contributed by atoms with Crippen molar-refractivity contribution in [2.24, 2.45) is 5.10 Å². The van der Waals surface area contributed by atoms with Crippen molar-refractivity contribution >= 4 is 34.2 Å². The van der Waals surface area contributed by atoms with E-state index in [0.717, 1.165) is 5.56 Å². The van der Waals surface area contributed by atoms with Gasteiger partial charge < -0.3 is 5.11 Å². The van der Waals surface area contributed by atoms with E-state index in [1.807, 2.05) is 30.3 Å². The number of nitrogens with one attached hydrogen (secondary N) is 1. The van der Waals surface area contributed by atoms with Gasteiger partial charge in [0.25, 0.3) is 11.5 Å². The zero-order chi connectivity index (χ0) is 20.2. The molecule has 29 heavy (non-hydrogen) atoms. The second-order valence-electron chi connectivity index (χ2n) is 6.34. The molecular formula is C22H17N3O3S. The monoisotopic (exact) mass is 403 g/mol. The first kappa shape index (κ1) is 18.6. The summed E-state index contributed by atoms with van der Waals surface area (Å²) in [6.07, 6.45) is 1.37. The van der Waals surface area contributed by atoms with Gasteiger partial charge in [-0.05, 0) is 23.1 Å². The maximum absolute atomic E-state index is 12.9. The molecule has 2 aromatic carbocycles. The normalized spacial score (nSPS) is 11.2. The Morgan fingerprint density at radius 1 is 1.03 bits per heavy atom. The van der Waals surface area contributed by atoms with Gasteiger partial charge in [0.2, 0.25) is 5.88 Å². The number of benzene rings is 2. The fourth-order valence-corrected chi connectivity index (χ4v) is 3.68. The summed E-state index contributed by atoms with van der Waals surface area (Å²) in [6, 6.07) is 19.9. The molecule has 0 unspecified atom stereocenters. The van der Waals surface area contributed by atoms with Gasteiger partial charge in [0.1, 0.15) is 0 Å². The van der Waals surface area contributed by atoms with Crippen LogP contribution in [0, 0.1) is 0 Å². The largest absolute Gasteiger partial charge is 0.494 e. The molecule has 4 aromatic rings. The lowest BCUT2D eigenvalue weighted by atomic mass is 10.1. The van der Waals surface area contributed by atoms with E-state index in [4.69, 9.17) is 0 Å². The highest BCUT2D eigenvalue weighted by Crippen LogP contribution is 2.23. The number of thiophene rings is 1. The first-order valence-corrected chi connectivity index (χ1v) is 9.78. The SMILES string of the molecule is O=C(NN=Cc1c(O)n(Cc2ccccc2)c(=O)c2ccccc12)c1cccs1. The predicted octanol–water partition coefficient (Wildman–Crippen LogP) is 3.58. The van der Waals surface area contributed by atoms with Crippen molar-refractivity contribution < 1.29 is 9.90 Å². The second-order valence-corrected chi connectivity index (χ2v) is 7.28. The number of hydrazone groups is 1. The first-order chi connectivity index (χ1) is 14.1. The number of amides is 1. The van der Waals surface area contributed by atoms with Crippen LogP contribution < -0.4 is 11.0 Å². The van der Waals surface area contributed by atoms with Gasteiger partial charge in [-0.3, -0.25) is 14.2 Å². The van der Waals surface area contributed by atoms with Crippen LogP contribution in [-0.4, -0.2) is 21.8 Å². The Morgan fingerprint density at radius 3 is 2.48 bits per heavy atom. The minimum Gasteiger partial charge on any atom is -0.494 e. The number of carbonyl (C=O) groups excluding carboxylic acids is 1. The van der Waals surface area contributed by atoms with Gasteiger partial charge in [-0.2, -0.15) is 5.10 Å². The molecule has 2 heterocycles. The van der Waals surface area contributed by atoms with Crippen LogP contribution in [0.4, 0.5) is 0 Å². The van der Waals surface area contributed by atoms with Gasteiger partial charge in [-0.15, -0.1) is 11.3 Å². The van der Waals surface area contributed by atoms with Gasteiger partial charge >= 0.3 is 0 Å². The van der Waals surface area contributed by atoms with Crippen LogP contribution in [0.3, 0.4) is 0 Å². The van der Waals surface area contributed by atoms with Crippen molar-refractivity contribution in [3.05, 3.63) is 98.5 Å². The van der Waals surface area contributed by atoms with Gasteiger partial charge in [-0.1, -0.05) is 54.6 Å². The third-order valence-electron chi connectivity index (χ3n) is 4.48. The highest BCUT2D eigenvalue weighted by molar-refractivity contribution is 7.12. The summed E-state index contributed by atoms with van der Waals surface area (Å²) in [5.74, 6) is -0.538. The number of hydrogen-bond donors (Lipinski definition) is 2. The van der Waals surface area contributed by atoms with Crippen LogP contribution in [0.15, 0.2) is 82.0 Å². The number of rotatable bonds is 5. The summed E-state index contributed by atoms with van der Waals surface area (Å²) >= 11 is 1.31. The number of aromatic nitrogens is 1. The maximum atomic E-state index is 12.9. The smallest absolute Gasteiger partial charge is 0.281 e. The Balaban J connectivity index is 1.75. The van der Waals surface area contributed by atoms with E-state index < -0.39 is 0 Å². The molecule has 0 aliphatic rings. The molecule has 6 nitrogen and oxygen atoms in total. The number of carbonyl (C=O) groups is 1. The molecule has 7 heteroatoms. The van der Waals surface area contributed by atoms with Crippen molar-refractivity contribution in [3.8, 4) is 5.88 Å². The van der Waals surface area contributed by atoms with Crippen LogP contribution in [0.25, 0.3) is 10.8 Å². The summed E-state index contributed by atoms with van der Waals surface area (Å²) in [4.78, 5) is 25.5. The fourth-order valence-electron chi connectivity index (χ4n) is 3.07. The van der Waals surface area contributed by atoms with Crippen molar-refractivity contribution in [1.82, 2.24) is 9.99 Å². The molecule has 0 atom stereocenters. The van der Waals surface area contributed by atoms with E-state index in [1.165, 1.54) is 22.1 Å². The summed E-state index contributed by atoms with van der Waals surface area (Å²) in [5.41, 5.74) is 3.41. The summed E-state index contributed by atoms with van der Waals surface area (Å²) < 4.78 is 1.31. The minimum absolute atomic E-state index is 0.202. The fraction of sp³-hybridized carbons (Fsp3) is 0.0455. The molecule has 0 saturated carbocycles. The molecule has 2 N–H and O–H groups in total. The molecule has 2 aromatic heterocycles. The van der Waals surface area contributed by atoms with Crippen LogP contribution in [0.2, 0.25) is 0 Å². The average molecular weight is 403 g/mol. The van der Waals surface area contributed by atoms with Crippen molar-refractivity contribution in [3.63, 3.8) is 0 Å². The van der Waals surface area contributed by atoms with Crippen molar-refractivity contribution in [1.29, 1.82) is 0 Å². The summed E-state index contributed by atoms with van der Waals surface area (Å²) in [7, 11) is 0. The molecule has 144 valence electrons. The Morgan fingerprint density at radius 2 is 1.76 bits per heavy atom. The third kappa shape index (κ3) is 3.81. The number of aromatic hydroxyl groups is 1. The van der Waals surface area contributed by atoms with Gasteiger partial charge in [0, 0.05) is 10.8 Å². The van der Waals surface area contributed by atoms with Crippen LogP contribution in [0.5, 0.6) is 5.88 Å². The second kappa shape index (κ2) is 8.12. The van der Waals surface area contributed by atoms with Gasteiger partial charge in [-0.25, -0.2) is 5.43 Å². The summed E-state index contributed by atoms with van der Waals surface area (Å²) in [5, 5.41) is 17.7. The molecule has 0 bridgehead atoms. The van der Waals surface area contributed by atoms with E-state index in [2.05, 4.69) is 10.5 Å². The summed E-state index contributed by atoms with van der Waals surface area (Å²) in [6.45, 7) is 0.221. The third-order valence-corrected chi connectivity index (χ3v) is 5.35. The number of fused-ring (bicyclic) bond motifs is 1. The highest BCUT2D eigenvalue weighted by atomic mass is 32.1. The number of nitrogens with zero attached hydrogens (tertiary/aromatic N) is 2.